The molecule has 0 aliphatic carbocycles. The summed E-state index contributed by atoms with van der Waals surface area (Å²) in [6.07, 6.45) is -3.16. The zero-order valence-corrected chi connectivity index (χ0v) is 12.8. The molecule has 5 nitrogen and oxygen atoms in total. The lowest BCUT2D eigenvalue weighted by molar-refractivity contribution is -0.274. The maximum atomic E-state index is 12.1. The van der Waals surface area contributed by atoms with Crippen LogP contribution in [0.25, 0.3) is 11.3 Å². The van der Waals surface area contributed by atoms with Crippen molar-refractivity contribution in [2.24, 2.45) is 0 Å². The number of amides is 1. The number of carbonyl (C=O) groups excluding carboxylic acids is 1. The van der Waals surface area contributed by atoms with Crippen LogP contribution in [0.3, 0.4) is 0 Å². The largest absolute Gasteiger partial charge is 0.573 e. The smallest absolute Gasteiger partial charge is 0.406 e. The van der Waals surface area contributed by atoms with Crippen LogP contribution >= 0.6 is 0 Å². The molecular weight excluding hydrogens is 311 g/mol. The van der Waals surface area contributed by atoms with Crippen LogP contribution in [-0.4, -0.2) is 22.2 Å². The molecule has 1 aromatic carbocycles. The molecule has 124 valence electrons. The molecule has 2 aromatic rings. The van der Waals surface area contributed by atoms with E-state index in [0.717, 1.165) is 0 Å². The molecule has 0 bridgehead atoms. The molecule has 0 saturated heterocycles. The van der Waals surface area contributed by atoms with E-state index < -0.39 is 11.9 Å². The normalized spacial score (nSPS) is 12.1. The van der Waals surface area contributed by atoms with Crippen molar-refractivity contribution in [1.82, 2.24) is 15.3 Å². The Kier molecular flexibility index (Phi) is 4.35. The first kappa shape index (κ1) is 16.9. The number of aromatic amines is 1. The number of nitrogens with zero attached hydrogens (tertiary/aromatic N) is 1. The monoisotopic (exact) mass is 327 g/mol. The Hall–Kier alpha value is -2.51. The highest BCUT2D eigenvalue weighted by Crippen LogP contribution is 2.27. The second-order valence-electron chi connectivity index (χ2n) is 5.52. The van der Waals surface area contributed by atoms with Crippen molar-refractivity contribution in [1.29, 1.82) is 0 Å². The van der Waals surface area contributed by atoms with Gasteiger partial charge in [0, 0.05) is 6.92 Å². The fourth-order valence-corrected chi connectivity index (χ4v) is 2.12. The summed E-state index contributed by atoms with van der Waals surface area (Å²) in [5.74, 6) is 0.0551. The number of benzene rings is 1. The molecule has 0 spiro atoms. The molecule has 1 heterocycles. The van der Waals surface area contributed by atoms with Gasteiger partial charge >= 0.3 is 6.36 Å². The van der Waals surface area contributed by atoms with Gasteiger partial charge in [-0.3, -0.25) is 4.79 Å². The molecule has 0 saturated carbocycles. The summed E-state index contributed by atoms with van der Waals surface area (Å²) >= 11 is 0. The van der Waals surface area contributed by atoms with Crippen LogP contribution in [0.4, 0.5) is 13.2 Å². The summed E-state index contributed by atoms with van der Waals surface area (Å²) in [4.78, 5) is 18.5. The van der Waals surface area contributed by atoms with Crippen molar-refractivity contribution in [3.05, 3.63) is 36.3 Å². The summed E-state index contributed by atoms with van der Waals surface area (Å²) in [6.45, 7) is 4.99. The number of nitrogens with one attached hydrogen (secondary N) is 2. The highest BCUT2D eigenvalue weighted by molar-refractivity contribution is 5.73. The molecule has 0 aliphatic heterocycles. The predicted molar refractivity (Wildman–Crippen MR) is 77.5 cm³/mol. The number of carbonyl (C=O) groups is 1. The first-order valence-corrected chi connectivity index (χ1v) is 6.77. The Balaban J connectivity index is 2.19. The Morgan fingerprint density at radius 1 is 1.22 bits per heavy atom. The molecule has 0 atom stereocenters. The van der Waals surface area contributed by atoms with E-state index in [0.29, 0.717) is 17.1 Å². The summed E-state index contributed by atoms with van der Waals surface area (Å²) in [5, 5.41) is 2.76. The van der Waals surface area contributed by atoms with Gasteiger partial charge in [0.25, 0.3) is 0 Å². The highest BCUT2D eigenvalue weighted by atomic mass is 19.4. The van der Waals surface area contributed by atoms with Crippen molar-refractivity contribution in [2.45, 2.75) is 32.7 Å². The second-order valence-corrected chi connectivity index (χ2v) is 5.52. The minimum absolute atomic E-state index is 0.193. The Morgan fingerprint density at radius 3 is 2.35 bits per heavy atom. The van der Waals surface area contributed by atoms with Gasteiger partial charge < -0.3 is 15.0 Å². The van der Waals surface area contributed by atoms with Crippen LogP contribution in [0.2, 0.25) is 0 Å². The van der Waals surface area contributed by atoms with Crippen molar-refractivity contribution in [3.63, 3.8) is 0 Å². The van der Waals surface area contributed by atoms with E-state index in [1.807, 2.05) is 0 Å². The molecule has 2 N–H and O–H groups in total. The van der Waals surface area contributed by atoms with Gasteiger partial charge in [0.05, 0.1) is 17.4 Å². The SMILES string of the molecule is CC(=O)NC(C)(C)c1ncc(-c2ccc(OC(F)(F)F)cc2)[nH]1. The number of hydrogen-bond donors (Lipinski definition) is 2. The van der Waals surface area contributed by atoms with Crippen LogP contribution in [0.1, 0.15) is 26.6 Å². The van der Waals surface area contributed by atoms with Crippen LogP contribution < -0.4 is 10.1 Å². The standard InChI is InChI=1S/C15H16F3N3O2/c1-9(22)21-14(2,3)13-19-8-12(20-13)10-4-6-11(7-5-10)23-15(16,17)18/h4-8H,1-3H3,(H,19,20)(H,21,22). The molecule has 0 radical (unpaired) electrons. The minimum Gasteiger partial charge on any atom is -0.406 e. The Labute approximate surface area is 130 Å². The summed E-state index contributed by atoms with van der Waals surface area (Å²) in [6, 6.07) is 5.43. The van der Waals surface area contributed by atoms with E-state index in [9.17, 15) is 18.0 Å². The molecule has 1 amide bonds. The molecule has 1 aromatic heterocycles. The fourth-order valence-electron chi connectivity index (χ4n) is 2.12. The quantitative estimate of drug-likeness (QED) is 0.905. The van der Waals surface area contributed by atoms with E-state index >= 15 is 0 Å². The van der Waals surface area contributed by atoms with E-state index in [-0.39, 0.29) is 11.7 Å². The lowest BCUT2D eigenvalue weighted by Crippen LogP contribution is -2.40. The predicted octanol–water partition coefficient (Wildman–Crippen LogP) is 3.35. The summed E-state index contributed by atoms with van der Waals surface area (Å²) in [5.41, 5.74) is 0.581. The first-order valence-electron chi connectivity index (χ1n) is 6.77. The van der Waals surface area contributed by atoms with Crippen molar-refractivity contribution < 1.29 is 22.7 Å². The third-order valence-electron chi connectivity index (χ3n) is 3.06. The third-order valence-corrected chi connectivity index (χ3v) is 3.06. The van der Waals surface area contributed by atoms with Crippen molar-refractivity contribution in [3.8, 4) is 17.0 Å². The number of alkyl halides is 3. The van der Waals surface area contributed by atoms with Gasteiger partial charge in [-0.1, -0.05) is 0 Å². The molecule has 0 fully saturated rings. The van der Waals surface area contributed by atoms with Crippen molar-refractivity contribution in [2.75, 3.05) is 0 Å². The summed E-state index contributed by atoms with van der Waals surface area (Å²) in [7, 11) is 0. The zero-order valence-electron chi connectivity index (χ0n) is 12.8. The van der Waals surface area contributed by atoms with Gasteiger partial charge in [-0.15, -0.1) is 13.2 Å². The summed E-state index contributed by atoms with van der Waals surface area (Å²) < 4.78 is 40.2. The number of rotatable bonds is 4. The molecule has 23 heavy (non-hydrogen) atoms. The van der Waals surface area contributed by atoms with Gasteiger partial charge in [-0.05, 0) is 43.7 Å². The number of aromatic nitrogens is 2. The third kappa shape index (κ3) is 4.48. The molecule has 0 aliphatic rings. The Morgan fingerprint density at radius 2 is 1.83 bits per heavy atom. The van der Waals surface area contributed by atoms with Gasteiger partial charge in [0.15, 0.2) is 0 Å². The van der Waals surface area contributed by atoms with Crippen molar-refractivity contribution >= 4 is 5.91 Å². The van der Waals surface area contributed by atoms with Crippen LogP contribution in [-0.2, 0) is 10.3 Å². The van der Waals surface area contributed by atoms with Gasteiger partial charge in [0.2, 0.25) is 5.91 Å². The maximum Gasteiger partial charge on any atom is 0.573 e. The molecule has 2 rings (SSSR count). The lowest BCUT2D eigenvalue weighted by Gasteiger charge is -2.22. The molecular formula is C15H16F3N3O2. The van der Waals surface area contributed by atoms with Crippen LogP contribution in [0, 0.1) is 0 Å². The van der Waals surface area contributed by atoms with E-state index in [1.54, 1.807) is 20.0 Å². The average Bonchev–Trinajstić information content (AvgIpc) is 2.86. The van der Waals surface area contributed by atoms with Gasteiger partial charge in [0.1, 0.15) is 11.6 Å². The number of H-pyrrole nitrogens is 1. The zero-order chi connectivity index (χ0) is 17.3. The van der Waals surface area contributed by atoms with Gasteiger partial charge in [-0.2, -0.15) is 0 Å². The van der Waals surface area contributed by atoms with Crippen LogP contribution in [0.5, 0.6) is 5.75 Å². The Bertz CT molecular complexity index is 691. The number of ether oxygens (including phenoxy) is 1. The van der Waals surface area contributed by atoms with E-state index in [2.05, 4.69) is 20.0 Å². The number of hydrogen-bond acceptors (Lipinski definition) is 3. The second kappa shape index (κ2) is 5.94. The van der Waals surface area contributed by atoms with E-state index in [4.69, 9.17) is 0 Å². The van der Waals surface area contributed by atoms with E-state index in [1.165, 1.54) is 31.2 Å². The first-order chi connectivity index (χ1) is 10.6. The average molecular weight is 327 g/mol. The lowest BCUT2D eigenvalue weighted by atomic mass is 10.1. The topological polar surface area (TPSA) is 67.0 Å². The highest BCUT2D eigenvalue weighted by Gasteiger charge is 2.31. The number of imidazole rings is 1. The fraction of sp³-hybridized carbons (Fsp3) is 0.333. The minimum atomic E-state index is -4.72. The van der Waals surface area contributed by atoms with Gasteiger partial charge in [-0.25, -0.2) is 4.98 Å². The molecule has 8 heteroatoms. The number of halogens is 3. The van der Waals surface area contributed by atoms with Crippen LogP contribution in [0.15, 0.2) is 30.5 Å². The molecule has 0 unspecified atom stereocenters. The maximum absolute atomic E-state index is 12.1.